The van der Waals surface area contributed by atoms with E-state index in [-0.39, 0.29) is 24.8 Å². The van der Waals surface area contributed by atoms with Gasteiger partial charge in [0, 0.05) is 36.9 Å². The Balaban J connectivity index is 1.68. The first-order valence-electron chi connectivity index (χ1n) is 8.62. The fourth-order valence-electron chi connectivity index (χ4n) is 2.91. The maximum atomic E-state index is 12.5. The van der Waals surface area contributed by atoms with E-state index in [1.165, 1.54) is 0 Å². The molecule has 1 heterocycles. The fourth-order valence-corrected chi connectivity index (χ4v) is 2.91. The van der Waals surface area contributed by atoms with Crippen LogP contribution < -0.4 is 24.4 Å². The third kappa shape index (κ3) is 4.13. The van der Waals surface area contributed by atoms with Crippen LogP contribution in [0.25, 0.3) is 0 Å². The Labute approximate surface area is 157 Å². The molecule has 27 heavy (non-hydrogen) atoms. The molecule has 1 N–H and O–H groups in total. The minimum atomic E-state index is -0.578. The number of fused-ring (bicyclic) bond motifs is 1. The molecular weight excluding hydrogens is 348 g/mol. The lowest BCUT2D eigenvalue weighted by molar-refractivity contribution is -0.125. The summed E-state index contributed by atoms with van der Waals surface area (Å²) in [4.78, 5) is 26.4. The van der Waals surface area contributed by atoms with Crippen molar-refractivity contribution in [3.63, 3.8) is 0 Å². The van der Waals surface area contributed by atoms with Crippen molar-refractivity contribution in [3.05, 3.63) is 42.5 Å². The highest BCUT2D eigenvalue weighted by Crippen LogP contribution is 2.33. The van der Waals surface area contributed by atoms with Crippen molar-refractivity contribution < 1.29 is 23.8 Å². The van der Waals surface area contributed by atoms with Gasteiger partial charge >= 0.3 is 0 Å². The Bertz CT molecular complexity index is 830. The zero-order chi connectivity index (χ0) is 19.4. The number of nitrogens with zero attached hydrogens (tertiary/aromatic N) is 1. The Morgan fingerprint density at radius 3 is 2.48 bits per heavy atom. The van der Waals surface area contributed by atoms with Gasteiger partial charge in [-0.25, -0.2) is 0 Å². The number of carbonyl (C=O) groups is 2. The lowest BCUT2D eigenvalue weighted by atomic mass is 10.1. The second kappa shape index (κ2) is 7.99. The summed E-state index contributed by atoms with van der Waals surface area (Å²) in [5.74, 6) is 1.42. The smallest absolute Gasteiger partial charge is 0.267 e. The molecule has 1 atom stereocenters. The number of nitrogens with one attached hydrogen (secondary N) is 1. The van der Waals surface area contributed by atoms with Crippen LogP contribution in [-0.2, 0) is 9.59 Å². The van der Waals surface area contributed by atoms with Crippen LogP contribution in [0.2, 0.25) is 0 Å². The molecule has 0 aliphatic carbocycles. The molecule has 2 amide bonds. The maximum absolute atomic E-state index is 12.5. The number of amides is 2. The van der Waals surface area contributed by atoms with Gasteiger partial charge in [0.1, 0.15) is 17.2 Å². The van der Waals surface area contributed by atoms with E-state index in [9.17, 15) is 9.59 Å². The quantitative estimate of drug-likeness (QED) is 0.846. The van der Waals surface area contributed by atoms with E-state index in [1.807, 2.05) is 24.3 Å². The molecule has 0 fully saturated rings. The monoisotopic (exact) mass is 370 g/mol. The van der Waals surface area contributed by atoms with Gasteiger partial charge in [-0.3, -0.25) is 9.59 Å². The first kappa shape index (κ1) is 18.6. The van der Waals surface area contributed by atoms with Gasteiger partial charge in [0.25, 0.3) is 5.91 Å². The molecule has 0 spiro atoms. The standard InChI is InChI=1S/C20H22N2O5/c1-13-20(24)22(17-6-4-5-7-18(17)27-13)9-8-19(23)21-14-10-15(25-2)12-16(11-14)26-3/h4-7,10-13H,8-9H2,1-3H3,(H,21,23). The Morgan fingerprint density at radius 1 is 1.15 bits per heavy atom. The third-order valence-electron chi connectivity index (χ3n) is 4.27. The van der Waals surface area contributed by atoms with Gasteiger partial charge in [-0.1, -0.05) is 12.1 Å². The second-order valence-corrected chi connectivity index (χ2v) is 6.12. The van der Waals surface area contributed by atoms with Crippen molar-refractivity contribution in [2.24, 2.45) is 0 Å². The maximum Gasteiger partial charge on any atom is 0.267 e. The van der Waals surface area contributed by atoms with Gasteiger partial charge in [0.05, 0.1) is 19.9 Å². The largest absolute Gasteiger partial charge is 0.497 e. The SMILES string of the molecule is COc1cc(NC(=O)CCN2C(=O)C(C)Oc3ccccc32)cc(OC)c1. The molecule has 0 radical (unpaired) electrons. The zero-order valence-electron chi connectivity index (χ0n) is 15.5. The fraction of sp³-hybridized carbons (Fsp3) is 0.300. The van der Waals surface area contributed by atoms with Crippen molar-refractivity contribution in [2.75, 3.05) is 31.0 Å². The molecule has 2 aromatic rings. The molecule has 2 aromatic carbocycles. The molecule has 7 nitrogen and oxygen atoms in total. The highest BCUT2D eigenvalue weighted by atomic mass is 16.5. The number of methoxy groups -OCH3 is 2. The van der Waals surface area contributed by atoms with E-state index < -0.39 is 6.10 Å². The molecule has 1 aliphatic rings. The van der Waals surface area contributed by atoms with Crippen LogP contribution in [0.1, 0.15) is 13.3 Å². The van der Waals surface area contributed by atoms with Crippen molar-refractivity contribution in [2.45, 2.75) is 19.4 Å². The van der Waals surface area contributed by atoms with Crippen LogP contribution >= 0.6 is 0 Å². The van der Waals surface area contributed by atoms with Crippen LogP contribution in [0.3, 0.4) is 0 Å². The third-order valence-corrected chi connectivity index (χ3v) is 4.27. The number of hydrogen-bond donors (Lipinski definition) is 1. The van der Waals surface area contributed by atoms with Gasteiger partial charge < -0.3 is 24.4 Å². The van der Waals surface area contributed by atoms with Crippen molar-refractivity contribution in [3.8, 4) is 17.2 Å². The number of carbonyl (C=O) groups excluding carboxylic acids is 2. The Kier molecular flexibility index (Phi) is 5.49. The van der Waals surface area contributed by atoms with Crippen LogP contribution in [-0.4, -0.2) is 38.7 Å². The number of ether oxygens (including phenoxy) is 3. The molecule has 0 aromatic heterocycles. The highest BCUT2D eigenvalue weighted by Gasteiger charge is 2.31. The van der Waals surface area contributed by atoms with Crippen LogP contribution in [0, 0.1) is 0 Å². The molecule has 1 aliphatic heterocycles. The van der Waals surface area contributed by atoms with Gasteiger partial charge in [0.2, 0.25) is 5.91 Å². The molecule has 1 unspecified atom stereocenters. The lowest BCUT2D eigenvalue weighted by Gasteiger charge is -2.32. The number of anilines is 2. The summed E-state index contributed by atoms with van der Waals surface area (Å²) < 4.78 is 16.0. The predicted molar refractivity (Wildman–Crippen MR) is 102 cm³/mol. The summed E-state index contributed by atoms with van der Waals surface area (Å²) in [7, 11) is 3.09. The average molecular weight is 370 g/mol. The lowest BCUT2D eigenvalue weighted by Crippen LogP contribution is -2.45. The van der Waals surface area contributed by atoms with E-state index in [0.29, 0.717) is 28.6 Å². The van der Waals surface area contributed by atoms with E-state index in [0.717, 1.165) is 0 Å². The van der Waals surface area contributed by atoms with Crippen molar-refractivity contribution in [1.82, 2.24) is 0 Å². The van der Waals surface area contributed by atoms with Crippen molar-refractivity contribution >= 4 is 23.2 Å². The topological polar surface area (TPSA) is 77.1 Å². The molecule has 3 rings (SSSR count). The van der Waals surface area contributed by atoms with E-state index in [2.05, 4.69) is 5.32 Å². The minimum absolute atomic E-state index is 0.145. The number of para-hydroxylation sites is 2. The number of hydrogen-bond acceptors (Lipinski definition) is 5. The van der Waals surface area contributed by atoms with Gasteiger partial charge in [-0.05, 0) is 19.1 Å². The summed E-state index contributed by atoms with van der Waals surface area (Å²) in [6, 6.07) is 12.4. The molecule has 142 valence electrons. The summed E-state index contributed by atoms with van der Waals surface area (Å²) in [5, 5.41) is 2.81. The van der Waals surface area contributed by atoms with Crippen LogP contribution in [0.5, 0.6) is 17.2 Å². The summed E-state index contributed by atoms with van der Waals surface area (Å²) >= 11 is 0. The highest BCUT2D eigenvalue weighted by molar-refractivity contribution is 6.00. The Morgan fingerprint density at radius 2 is 1.81 bits per heavy atom. The Hall–Kier alpha value is -3.22. The number of rotatable bonds is 6. The van der Waals surface area contributed by atoms with E-state index >= 15 is 0 Å². The van der Waals surface area contributed by atoms with Crippen LogP contribution in [0.4, 0.5) is 11.4 Å². The summed E-state index contributed by atoms with van der Waals surface area (Å²) in [6.07, 6.45) is -0.433. The van der Waals surface area contributed by atoms with Gasteiger partial charge in [-0.15, -0.1) is 0 Å². The molecule has 0 saturated carbocycles. The normalized spacial score (nSPS) is 15.6. The molecule has 0 bridgehead atoms. The summed E-state index contributed by atoms with van der Waals surface area (Å²) in [5.41, 5.74) is 1.25. The van der Waals surface area contributed by atoms with Gasteiger partial charge in [0.15, 0.2) is 6.10 Å². The predicted octanol–water partition coefficient (Wildman–Crippen LogP) is 2.85. The minimum Gasteiger partial charge on any atom is -0.497 e. The molecular formula is C20H22N2O5. The van der Waals surface area contributed by atoms with Crippen LogP contribution in [0.15, 0.2) is 42.5 Å². The van der Waals surface area contributed by atoms with E-state index in [4.69, 9.17) is 14.2 Å². The number of benzene rings is 2. The molecule has 0 saturated heterocycles. The second-order valence-electron chi connectivity index (χ2n) is 6.12. The van der Waals surface area contributed by atoms with E-state index in [1.54, 1.807) is 44.2 Å². The summed E-state index contributed by atoms with van der Waals surface area (Å²) in [6.45, 7) is 1.96. The zero-order valence-corrected chi connectivity index (χ0v) is 15.5. The first-order valence-corrected chi connectivity index (χ1v) is 8.62. The molecule has 7 heteroatoms. The average Bonchev–Trinajstić information content (AvgIpc) is 2.68. The van der Waals surface area contributed by atoms with Crippen molar-refractivity contribution in [1.29, 1.82) is 0 Å². The first-order chi connectivity index (χ1) is 13.0. The van der Waals surface area contributed by atoms with Gasteiger partial charge in [-0.2, -0.15) is 0 Å².